The number of aliphatic hydroxyl groups is 1. The maximum atomic E-state index is 14.3. The van der Waals surface area contributed by atoms with Gasteiger partial charge in [0.2, 0.25) is 5.91 Å². The summed E-state index contributed by atoms with van der Waals surface area (Å²) in [6, 6.07) is 31.3. The summed E-state index contributed by atoms with van der Waals surface area (Å²) in [4.78, 5) is 31.4. The van der Waals surface area contributed by atoms with Gasteiger partial charge in [-0.2, -0.15) is 0 Å². The summed E-state index contributed by atoms with van der Waals surface area (Å²) in [6.07, 6.45) is 2.32. The Morgan fingerprint density at radius 3 is 1.96 bits per heavy atom. The fourth-order valence-corrected chi connectivity index (χ4v) is 14.6. The van der Waals surface area contributed by atoms with Crippen molar-refractivity contribution in [1.29, 1.82) is 0 Å². The van der Waals surface area contributed by atoms with Crippen LogP contribution in [-0.2, 0) is 14.0 Å². The number of fused-ring (bicyclic) bond motifs is 1. The number of hydrogen-bond acceptors (Lipinski definition) is 6. The third-order valence-electron chi connectivity index (χ3n) is 10.8. The van der Waals surface area contributed by atoms with Crippen molar-refractivity contribution in [2.75, 3.05) is 6.54 Å². The second kappa shape index (κ2) is 13.0. The first-order valence-electron chi connectivity index (χ1n) is 17.7. The summed E-state index contributed by atoms with van der Waals surface area (Å²) in [7, 11) is -3.08. The average Bonchev–Trinajstić information content (AvgIpc) is 3.47. The first-order valence-corrected chi connectivity index (χ1v) is 20.5. The molecule has 9 heteroatoms. The molecule has 7 nitrogen and oxygen atoms in total. The Hall–Kier alpha value is -3.37. The second-order valence-corrected chi connectivity index (χ2v) is 22.1. The molecule has 2 fully saturated rings. The number of benzene rings is 3. The third kappa shape index (κ3) is 6.35. The number of carbonyl (C=O) groups excluding carboxylic acids is 2. The first-order chi connectivity index (χ1) is 23.4. The molecule has 3 aromatic carbocycles. The van der Waals surface area contributed by atoms with Gasteiger partial charge >= 0.3 is 6.09 Å². The van der Waals surface area contributed by atoms with Crippen molar-refractivity contribution < 1.29 is 23.9 Å². The molecular weight excluding hydrogens is 661 g/mol. The van der Waals surface area contributed by atoms with Gasteiger partial charge in [0.05, 0.1) is 6.10 Å². The molecular formula is C41H52N2O5SSi. The Labute approximate surface area is 303 Å². The predicted octanol–water partition coefficient (Wildman–Crippen LogP) is 7.24. The van der Waals surface area contributed by atoms with E-state index in [-0.39, 0.29) is 17.4 Å². The molecule has 0 saturated carbocycles. The van der Waals surface area contributed by atoms with E-state index in [1.54, 1.807) is 16.7 Å². The Kier molecular flexibility index (Phi) is 9.46. The SMILES string of the molecule is CC(C)(C)OC(=O)N1CCC[C@]12C[C@@H]1C(C)(C)[C@@H](O[Si](c3ccccc3)(c3ccccc3)C(C)(C)C)C(Sc3ccccc3)=C[C@@]1(O)NC2=O. The van der Waals surface area contributed by atoms with E-state index in [1.807, 2.05) is 57.2 Å². The molecule has 3 aliphatic rings. The summed E-state index contributed by atoms with van der Waals surface area (Å²) in [5, 5.41) is 17.7. The maximum absolute atomic E-state index is 14.3. The van der Waals surface area contributed by atoms with Crippen LogP contribution < -0.4 is 15.7 Å². The molecule has 2 saturated heterocycles. The summed E-state index contributed by atoms with van der Waals surface area (Å²) < 4.78 is 13.8. The summed E-state index contributed by atoms with van der Waals surface area (Å²) in [5.74, 6) is -0.832. The van der Waals surface area contributed by atoms with Crippen LogP contribution >= 0.6 is 11.8 Å². The minimum Gasteiger partial charge on any atom is -0.444 e. The van der Waals surface area contributed by atoms with Crippen LogP contribution in [0.2, 0.25) is 5.04 Å². The van der Waals surface area contributed by atoms with Crippen LogP contribution in [0.3, 0.4) is 0 Å². The fraction of sp³-hybridized carbons (Fsp3) is 0.463. The number of nitrogens with zero attached hydrogens (tertiary/aromatic N) is 1. The normalized spacial score (nSPS) is 26.6. The zero-order valence-corrected chi connectivity index (χ0v) is 32.5. The van der Waals surface area contributed by atoms with Gasteiger partial charge in [0.1, 0.15) is 11.1 Å². The third-order valence-corrected chi connectivity index (χ3v) is 16.9. The van der Waals surface area contributed by atoms with Crippen molar-refractivity contribution in [2.45, 2.75) is 108 Å². The van der Waals surface area contributed by atoms with Crippen molar-refractivity contribution in [3.8, 4) is 0 Å². The van der Waals surface area contributed by atoms with E-state index in [0.717, 1.165) is 9.80 Å². The number of likely N-dealkylation sites (tertiary alicyclic amines) is 1. The quantitative estimate of drug-likeness (QED) is 0.262. The molecule has 0 unspecified atom stereocenters. The van der Waals surface area contributed by atoms with E-state index in [1.165, 1.54) is 10.4 Å². The molecule has 2 N–H and O–H groups in total. The zero-order chi connectivity index (χ0) is 36.2. The van der Waals surface area contributed by atoms with Crippen LogP contribution in [0.15, 0.2) is 107 Å². The second-order valence-electron chi connectivity index (χ2n) is 16.7. The average molecular weight is 713 g/mol. The minimum absolute atomic E-state index is 0.280. The van der Waals surface area contributed by atoms with E-state index in [0.29, 0.717) is 19.4 Å². The highest BCUT2D eigenvalue weighted by molar-refractivity contribution is 8.03. The van der Waals surface area contributed by atoms with Gasteiger partial charge in [0, 0.05) is 27.7 Å². The molecule has 2 amide bonds. The first kappa shape index (κ1) is 36.4. The lowest BCUT2D eigenvalue weighted by Crippen LogP contribution is -2.75. The van der Waals surface area contributed by atoms with Gasteiger partial charge in [-0.1, -0.05) is 125 Å². The lowest BCUT2D eigenvalue weighted by molar-refractivity contribution is -0.169. The standard InChI is InChI=1S/C41H52N2O5SSi/c1-37(2,3)47-36(45)43-26-18-25-40(43)28-33-39(7,8)34(32(27-41(33,46)42-35(40)44)49-29-19-12-9-13-20-29)48-50(38(4,5)6,30-21-14-10-15-22-30)31-23-16-11-17-24-31/h9-17,19-24,27,33-34,46H,18,25-26,28H2,1-8H3,(H,42,44)/t33-,34+,40-,41+/m1/s1. The molecule has 4 atom stereocenters. The largest absolute Gasteiger partial charge is 0.444 e. The van der Waals surface area contributed by atoms with Crippen LogP contribution in [0, 0.1) is 11.3 Å². The highest BCUT2D eigenvalue weighted by Crippen LogP contribution is 2.57. The lowest BCUT2D eigenvalue weighted by atomic mass is 9.59. The van der Waals surface area contributed by atoms with E-state index >= 15 is 0 Å². The Morgan fingerprint density at radius 2 is 1.44 bits per heavy atom. The lowest BCUT2D eigenvalue weighted by Gasteiger charge is -2.59. The number of nitrogens with one attached hydrogen (secondary N) is 1. The molecule has 50 heavy (non-hydrogen) atoms. The van der Waals surface area contributed by atoms with Crippen molar-refractivity contribution >= 4 is 42.5 Å². The summed E-state index contributed by atoms with van der Waals surface area (Å²) in [5.41, 5.74) is -4.22. The maximum Gasteiger partial charge on any atom is 0.411 e. The highest BCUT2D eigenvalue weighted by Gasteiger charge is 2.66. The predicted molar refractivity (Wildman–Crippen MR) is 203 cm³/mol. The van der Waals surface area contributed by atoms with E-state index < -0.39 is 48.7 Å². The number of hydrogen-bond donors (Lipinski definition) is 2. The highest BCUT2D eigenvalue weighted by atomic mass is 32.2. The smallest absolute Gasteiger partial charge is 0.411 e. The van der Waals surface area contributed by atoms with Gasteiger partial charge in [0.25, 0.3) is 8.32 Å². The van der Waals surface area contributed by atoms with Gasteiger partial charge in [0.15, 0.2) is 5.72 Å². The van der Waals surface area contributed by atoms with Gasteiger partial charge in [-0.3, -0.25) is 9.69 Å². The fourth-order valence-electron chi connectivity index (χ4n) is 8.48. The molecule has 6 rings (SSSR count). The molecule has 1 spiro atoms. The number of carbonyl (C=O) groups is 2. The van der Waals surface area contributed by atoms with Crippen LogP contribution in [0.25, 0.3) is 0 Å². The van der Waals surface area contributed by atoms with E-state index in [2.05, 4.69) is 101 Å². The van der Waals surface area contributed by atoms with E-state index in [4.69, 9.17) is 9.16 Å². The molecule has 2 aliphatic heterocycles. The van der Waals surface area contributed by atoms with Crippen molar-refractivity contribution in [1.82, 2.24) is 10.2 Å². The topological polar surface area (TPSA) is 88.1 Å². The minimum atomic E-state index is -3.08. The van der Waals surface area contributed by atoms with Gasteiger partial charge in [-0.05, 0) is 73.7 Å². The monoisotopic (exact) mass is 712 g/mol. The Morgan fingerprint density at radius 1 is 0.900 bits per heavy atom. The molecule has 0 radical (unpaired) electrons. The van der Waals surface area contributed by atoms with Crippen LogP contribution in [0.5, 0.6) is 0 Å². The Bertz CT molecular complexity index is 1700. The van der Waals surface area contributed by atoms with Crippen LogP contribution in [-0.4, -0.2) is 59.8 Å². The molecule has 0 bridgehead atoms. The summed E-state index contributed by atoms with van der Waals surface area (Å²) >= 11 is 1.57. The molecule has 266 valence electrons. The number of thioether (sulfide) groups is 1. The Balaban J connectivity index is 1.52. The van der Waals surface area contributed by atoms with Gasteiger partial charge < -0.3 is 19.6 Å². The van der Waals surface area contributed by atoms with Crippen molar-refractivity contribution in [3.63, 3.8) is 0 Å². The number of rotatable bonds is 6. The molecule has 2 heterocycles. The van der Waals surface area contributed by atoms with Gasteiger partial charge in [-0.25, -0.2) is 4.79 Å². The number of amides is 2. The van der Waals surface area contributed by atoms with Gasteiger partial charge in [-0.15, -0.1) is 0 Å². The number of ether oxygens (including phenoxy) is 1. The number of piperidine rings is 1. The van der Waals surface area contributed by atoms with Crippen molar-refractivity contribution in [2.24, 2.45) is 11.3 Å². The molecule has 3 aromatic rings. The zero-order valence-electron chi connectivity index (χ0n) is 30.7. The summed E-state index contributed by atoms with van der Waals surface area (Å²) in [6.45, 7) is 17.0. The molecule has 0 aromatic heterocycles. The van der Waals surface area contributed by atoms with Crippen molar-refractivity contribution in [3.05, 3.63) is 102 Å². The molecule has 1 aliphatic carbocycles. The van der Waals surface area contributed by atoms with Crippen LogP contribution in [0.4, 0.5) is 4.79 Å². The van der Waals surface area contributed by atoms with Crippen LogP contribution in [0.1, 0.15) is 74.7 Å². The van der Waals surface area contributed by atoms with E-state index in [9.17, 15) is 14.7 Å².